The van der Waals surface area contributed by atoms with E-state index < -0.39 is 0 Å². The van der Waals surface area contributed by atoms with Crippen molar-refractivity contribution in [3.63, 3.8) is 0 Å². The van der Waals surface area contributed by atoms with Crippen LogP contribution in [0, 0.1) is 0 Å². The number of ether oxygens (including phenoxy) is 2. The molecule has 1 aliphatic heterocycles. The minimum Gasteiger partial charge on any atom is -0.493 e. The van der Waals surface area contributed by atoms with Crippen molar-refractivity contribution in [1.29, 1.82) is 0 Å². The van der Waals surface area contributed by atoms with Crippen LogP contribution in [0.15, 0.2) is 48.5 Å². The second kappa shape index (κ2) is 10.6. The topological polar surface area (TPSA) is 76.7 Å². The summed E-state index contributed by atoms with van der Waals surface area (Å²) >= 11 is 0. The zero-order valence-corrected chi connectivity index (χ0v) is 16.8. The van der Waals surface area contributed by atoms with Gasteiger partial charge in [0, 0.05) is 24.4 Å². The van der Waals surface area contributed by atoms with Gasteiger partial charge in [-0.15, -0.1) is 0 Å². The maximum atomic E-state index is 12.7. The molecule has 6 nitrogen and oxygen atoms in total. The quantitative estimate of drug-likeness (QED) is 0.628. The molecule has 1 aliphatic rings. The van der Waals surface area contributed by atoms with Crippen LogP contribution in [-0.2, 0) is 4.74 Å². The Kier molecular flexibility index (Phi) is 7.64. The van der Waals surface area contributed by atoms with Gasteiger partial charge in [0.05, 0.1) is 18.3 Å². The normalized spacial score (nSPS) is 15.7. The molecule has 0 bridgehead atoms. The average molecular weight is 396 g/mol. The van der Waals surface area contributed by atoms with Crippen LogP contribution in [0.5, 0.6) is 5.75 Å². The first kappa shape index (κ1) is 20.9. The van der Waals surface area contributed by atoms with Crippen molar-refractivity contribution in [2.24, 2.45) is 0 Å². The predicted octanol–water partition coefficient (Wildman–Crippen LogP) is 4.03. The van der Waals surface area contributed by atoms with E-state index in [1.807, 2.05) is 12.1 Å². The number of carbonyl (C=O) groups excluding carboxylic acids is 2. The number of unbranched alkanes of at least 4 members (excludes halogenated alkanes) is 1. The molecular weight excluding hydrogens is 368 g/mol. The van der Waals surface area contributed by atoms with Gasteiger partial charge in [-0.3, -0.25) is 9.59 Å². The van der Waals surface area contributed by atoms with Gasteiger partial charge in [0.1, 0.15) is 5.75 Å². The van der Waals surface area contributed by atoms with Gasteiger partial charge in [-0.1, -0.05) is 25.5 Å². The molecule has 2 aromatic rings. The lowest BCUT2D eigenvalue weighted by Crippen LogP contribution is -2.31. The van der Waals surface area contributed by atoms with Gasteiger partial charge >= 0.3 is 0 Å². The highest BCUT2D eigenvalue weighted by Gasteiger charge is 2.17. The van der Waals surface area contributed by atoms with Crippen molar-refractivity contribution < 1.29 is 19.1 Å². The first-order valence-corrected chi connectivity index (χ1v) is 10.2. The van der Waals surface area contributed by atoms with Crippen molar-refractivity contribution in [2.45, 2.75) is 38.7 Å². The van der Waals surface area contributed by atoms with E-state index in [2.05, 4.69) is 17.6 Å². The van der Waals surface area contributed by atoms with Gasteiger partial charge in [-0.25, -0.2) is 0 Å². The van der Waals surface area contributed by atoms with Crippen LogP contribution in [-0.4, -0.2) is 37.7 Å². The molecule has 29 heavy (non-hydrogen) atoms. The molecule has 154 valence electrons. The fraction of sp³-hybridized carbons (Fsp3) is 0.391. The molecule has 1 atom stereocenters. The minimum absolute atomic E-state index is 0.108. The third-order valence-electron chi connectivity index (χ3n) is 4.81. The number of hydrogen-bond donors (Lipinski definition) is 2. The van der Waals surface area contributed by atoms with Gasteiger partial charge < -0.3 is 20.1 Å². The van der Waals surface area contributed by atoms with Gasteiger partial charge in [0.2, 0.25) is 0 Å². The molecular formula is C23H28N2O4. The number of rotatable bonds is 9. The minimum atomic E-state index is -0.243. The summed E-state index contributed by atoms with van der Waals surface area (Å²) in [5.41, 5.74) is 1.65. The molecule has 1 heterocycles. The monoisotopic (exact) mass is 396 g/mol. The van der Waals surface area contributed by atoms with E-state index in [0.717, 1.165) is 32.3 Å². The Bertz CT molecular complexity index is 814. The SMILES string of the molecule is CCCCOc1ccccc1C(=O)Nc1ccc(C(=O)NCC2CCCO2)cc1. The molecule has 6 heteroatoms. The van der Waals surface area contributed by atoms with Crippen molar-refractivity contribution in [1.82, 2.24) is 5.32 Å². The number of carbonyl (C=O) groups is 2. The lowest BCUT2D eigenvalue weighted by molar-refractivity contribution is 0.0857. The lowest BCUT2D eigenvalue weighted by Gasteiger charge is -2.12. The molecule has 2 amide bonds. The maximum Gasteiger partial charge on any atom is 0.259 e. The molecule has 2 aromatic carbocycles. The lowest BCUT2D eigenvalue weighted by atomic mass is 10.1. The summed E-state index contributed by atoms with van der Waals surface area (Å²) < 4.78 is 11.2. The van der Waals surface area contributed by atoms with Crippen LogP contribution in [0.25, 0.3) is 0 Å². The first-order valence-electron chi connectivity index (χ1n) is 10.2. The Labute approximate surface area is 171 Å². The van der Waals surface area contributed by atoms with E-state index >= 15 is 0 Å². The fourth-order valence-corrected chi connectivity index (χ4v) is 3.12. The Morgan fingerprint density at radius 1 is 1.10 bits per heavy atom. The van der Waals surface area contributed by atoms with Gasteiger partial charge in [0.25, 0.3) is 11.8 Å². The van der Waals surface area contributed by atoms with Crippen molar-refractivity contribution in [2.75, 3.05) is 25.1 Å². The van der Waals surface area contributed by atoms with E-state index in [0.29, 0.717) is 35.7 Å². The molecule has 3 rings (SSSR count). The van der Waals surface area contributed by atoms with Crippen LogP contribution < -0.4 is 15.4 Å². The van der Waals surface area contributed by atoms with E-state index in [1.165, 1.54) is 0 Å². The molecule has 0 aromatic heterocycles. The van der Waals surface area contributed by atoms with E-state index in [4.69, 9.17) is 9.47 Å². The number of benzene rings is 2. The molecule has 0 aliphatic carbocycles. The van der Waals surface area contributed by atoms with Crippen LogP contribution >= 0.6 is 0 Å². The number of nitrogens with one attached hydrogen (secondary N) is 2. The molecule has 0 saturated carbocycles. The zero-order chi connectivity index (χ0) is 20.5. The van der Waals surface area contributed by atoms with Crippen LogP contribution in [0.1, 0.15) is 53.3 Å². The molecule has 0 radical (unpaired) electrons. The van der Waals surface area contributed by atoms with Crippen molar-refractivity contribution in [3.8, 4) is 5.75 Å². The van der Waals surface area contributed by atoms with E-state index in [1.54, 1.807) is 36.4 Å². The zero-order valence-electron chi connectivity index (χ0n) is 16.8. The molecule has 1 unspecified atom stereocenters. The average Bonchev–Trinajstić information content (AvgIpc) is 3.27. The van der Waals surface area contributed by atoms with Gasteiger partial charge in [0.15, 0.2) is 0 Å². The third-order valence-corrected chi connectivity index (χ3v) is 4.81. The first-order chi connectivity index (χ1) is 14.2. The summed E-state index contributed by atoms with van der Waals surface area (Å²) in [5.74, 6) is 0.185. The van der Waals surface area contributed by atoms with Gasteiger partial charge in [-0.2, -0.15) is 0 Å². The second-order valence-electron chi connectivity index (χ2n) is 7.07. The maximum absolute atomic E-state index is 12.7. The van der Waals surface area contributed by atoms with Crippen LogP contribution in [0.2, 0.25) is 0 Å². The molecule has 1 fully saturated rings. The van der Waals surface area contributed by atoms with E-state index in [9.17, 15) is 9.59 Å². The summed E-state index contributed by atoms with van der Waals surface area (Å²) in [5, 5.41) is 5.75. The Hall–Kier alpha value is -2.86. The summed E-state index contributed by atoms with van der Waals surface area (Å²) in [7, 11) is 0. The fourth-order valence-electron chi connectivity index (χ4n) is 3.12. The van der Waals surface area contributed by atoms with Crippen LogP contribution in [0.4, 0.5) is 5.69 Å². The highest BCUT2D eigenvalue weighted by atomic mass is 16.5. The predicted molar refractivity (Wildman–Crippen MR) is 113 cm³/mol. The number of anilines is 1. The second-order valence-corrected chi connectivity index (χ2v) is 7.07. The molecule has 0 spiro atoms. The third kappa shape index (κ3) is 6.06. The number of amides is 2. The molecule has 2 N–H and O–H groups in total. The largest absolute Gasteiger partial charge is 0.493 e. The van der Waals surface area contributed by atoms with Crippen molar-refractivity contribution >= 4 is 17.5 Å². The number of para-hydroxylation sites is 1. The Balaban J connectivity index is 1.56. The highest BCUT2D eigenvalue weighted by molar-refractivity contribution is 6.06. The summed E-state index contributed by atoms with van der Waals surface area (Å²) in [4.78, 5) is 24.9. The summed E-state index contributed by atoms with van der Waals surface area (Å²) in [6.45, 7) is 3.96. The standard InChI is InChI=1S/C23H28N2O4/c1-2-3-14-29-21-9-5-4-8-20(21)23(27)25-18-12-10-17(11-13-18)22(26)24-16-19-7-6-15-28-19/h4-5,8-13,19H,2-3,6-7,14-16H2,1H3,(H,24,26)(H,25,27). The number of hydrogen-bond acceptors (Lipinski definition) is 4. The summed E-state index contributed by atoms with van der Waals surface area (Å²) in [6, 6.07) is 14.0. The Morgan fingerprint density at radius 3 is 2.62 bits per heavy atom. The summed E-state index contributed by atoms with van der Waals surface area (Å²) in [6.07, 6.45) is 4.10. The Morgan fingerprint density at radius 2 is 1.90 bits per heavy atom. The van der Waals surface area contributed by atoms with Crippen LogP contribution in [0.3, 0.4) is 0 Å². The highest BCUT2D eigenvalue weighted by Crippen LogP contribution is 2.20. The smallest absolute Gasteiger partial charge is 0.259 e. The molecule has 1 saturated heterocycles. The van der Waals surface area contributed by atoms with Crippen molar-refractivity contribution in [3.05, 3.63) is 59.7 Å². The van der Waals surface area contributed by atoms with Gasteiger partial charge in [-0.05, 0) is 55.7 Å². The van der Waals surface area contributed by atoms with E-state index in [-0.39, 0.29) is 17.9 Å².